The van der Waals surface area contributed by atoms with E-state index in [-0.39, 0.29) is 23.9 Å². The minimum Gasteiger partial charge on any atom is -0.372 e. The molecular weight excluding hydrogens is 387 g/mol. The van der Waals surface area contributed by atoms with E-state index in [2.05, 4.69) is 12.2 Å². The van der Waals surface area contributed by atoms with Crippen LogP contribution in [0.1, 0.15) is 42.3 Å². The van der Waals surface area contributed by atoms with Crippen molar-refractivity contribution in [2.75, 3.05) is 23.7 Å². The number of morpholine rings is 1. The Labute approximate surface area is 176 Å². The first kappa shape index (κ1) is 21.7. The molecule has 0 radical (unpaired) electrons. The van der Waals surface area contributed by atoms with Gasteiger partial charge in [-0.1, -0.05) is 25.1 Å². The summed E-state index contributed by atoms with van der Waals surface area (Å²) < 4.78 is 20.4. The van der Waals surface area contributed by atoms with Gasteiger partial charge in [0.1, 0.15) is 5.82 Å². The Morgan fingerprint density at radius 2 is 1.79 bits per heavy atom. The van der Waals surface area contributed by atoms with E-state index in [4.69, 9.17) is 4.74 Å². The van der Waals surface area contributed by atoms with E-state index in [1.807, 2.05) is 60.8 Å². The minimum absolute atomic E-state index is 0.0732. The molecule has 156 valence electrons. The van der Waals surface area contributed by atoms with Crippen LogP contribution in [0.2, 0.25) is 0 Å². The van der Waals surface area contributed by atoms with Gasteiger partial charge in [0.15, 0.2) is 0 Å². The minimum atomic E-state index is -0.268. The predicted molar refractivity (Wildman–Crippen MR) is 118 cm³/mol. The van der Waals surface area contributed by atoms with Gasteiger partial charge in [-0.2, -0.15) is 11.8 Å². The van der Waals surface area contributed by atoms with Gasteiger partial charge in [0.05, 0.1) is 17.9 Å². The molecule has 2 aromatic rings. The molecule has 3 rings (SSSR count). The molecule has 2 aromatic carbocycles. The summed E-state index contributed by atoms with van der Waals surface area (Å²) in [7, 11) is 0. The summed E-state index contributed by atoms with van der Waals surface area (Å²) >= 11 is 1.85. The van der Waals surface area contributed by atoms with Gasteiger partial charge in [0, 0.05) is 31.0 Å². The van der Waals surface area contributed by atoms with Crippen molar-refractivity contribution < 1.29 is 13.9 Å². The van der Waals surface area contributed by atoms with Gasteiger partial charge in [-0.05, 0) is 55.0 Å². The van der Waals surface area contributed by atoms with Crippen LogP contribution >= 0.6 is 11.8 Å². The van der Waals surface area contributed by atoms with Crippen molar-refractivity contribution in [2.24, 2.45) is 0 Å². The predicted octanol–water partition coefficient (Wildman–Crippen LogP) is 4.62. The molecule has 6 heteroatoms. The fourth-order valence-electron chi connectivity index (χ4n) is 3.55. The number of benzene rings is 2. The summed E-state index contributed by atoms with van der Waals surface area (Å²) in [6.45, 7) is 7.76. The normalized spacial score (nSPS) is 19.2. The highest BCUT2D eigenvalue weighted by atomic mass is 32.2. The highest BCUT2D eigenvalue weighted by Crippen LogP contribution is 2.24. The maximum absolute atomic E-state index is 14.7. The Morgan fingerprint density at radius 3 is 2.41 bits per heavy atom. The number of nitrogens with one attached hydrogen (secondary N) is 1. The van der Waals surface area contributed by atoms with Crippen molar-refractivity contribution >= 4 is 23.4 Å². The molecule has 1 fully saturated rings. The maximum Gasteiger partial charge on any atom is 0.251 e. The number of rotatable bonds is 7. The second-order valence-corrected chi connectivity index (χ2v) is 8.74. The Kier molecular flexibility index (Phi) is 7.56. The van der Waals surface area contributed by atoms with Crippen LogP contribution in [-0.4, -0.2) is 37.0 Å². The number of halogens is 1. The van der Waals surface area contributed by atoms with Gasteiger partial charge in [-0.3, -0.25) is 4.79 Å². The van der Waals surface area contributed by atoms with E-state index in [0.717, 1.165) is 17.1 Å². The first-order valence-corrected chi connectivity index (χ1v) is 11.3. The van der Waals surface area contributed by atoms with Gasteiger partial charge in [0.2, 0.25) is 0 Å². The van der Waals surface area contributed by atoms with Crippen LogP contribution in [0.15, 0.2) is 42.5 Å². The van der Waals surface area contributed by atoms with Gasteiger partial charge in [-0.25, -0.2) is 4.39 Å². The molecule has 1 aliphatic heterocycles. The van der Waals surface area contributed by atoms with Gasteiger partial charge in [0.25, 0.3) is 5.91 Å². The van der Waals surface area contributed by atoms with E-state index in [1.165, 1.54) is 11.6 Å². The Hall–Kier alpha value is -2.05. The third-order valence-electron chi connectivity index (χ3n) is 4.91. The second kappa shape index (κ2) is 10.1. The fraction of sp³-hybridized carbons (Fsp3) is 0.435. The SMILES string of the molecule is CCSCc1ccc(C(=O)NCc2ccc(N3CC(C)OC(C)C3)c(F)c2)cc1. The number of thioether (sulfide) groups is 1. The van der Waals surface area contributed by atoms with Crippen LogP contribution in [0.5, 0.6) is 0 Å². The molecule has 4 nitrogen and oxygen atoms in total. The first-order chi connectivity index (χ1) is 14.0. The molecular formula is C23H29FN2O2S. The molecule has 1 saturated heterocycles. The van der Waals surface area contributed by atoms with Gasteiger partial charge < -0.3 is 15.0 Å². The molecule has 2 atom stereocenters. The maximum atomic E-state index is 14.7. The molecule has 1 amide bonds. The third-order valence-corrected chi connectivity index (χ3v) is 5.86. The number of hydrogen-bond donors (Lipinski definition) is 1. The van der Waals surface area contributed by atoms with Crippen LogP contribution in [0.25, 0.3) is 0 Å². The molecule has 0 spiro atoms. The second-order valence-electron chi connectivity index (χ2n) is 7.46. The smallest absolute Gasteiger partial charge is 0.251 e. The third kappa shape index (κ3) is 5.97. The molecule has 2 unspecified atom stereocenters. The Bertz CT molecular complexity index is 818. The van der Waals surface area contributed by atoms with Crippen molar-refractivity contribution in [3.05, 3.63) is 65.0 Å². The molecule has 1 N–H and O–H groups in total. The van der Waals surface area contributed by atoms with Crippen molar-refractivity contribution in [3.8, 4) is 0 Å². The highest BCUT2D eigenvalue weighted by molar-refractivity contribution is 7.98. The van der Waals surface area contributed by atoms with Gasteiger partial charge in [-0.15, -0.1) is 0 Å². The van der Waals surface area contributed by atoms with Crippen molar-refractivity contribution in [1.29, 1.82) is 0 Å². The Morgan fingerprint density at radius 1 is 1.14 bits per heavy atom. The number of hydrogen-bond acceptors (Lipinski definition) is 4. The van der Waals surface area contributed by atoms with Crippen LogP contribution in [-0.2, 0) is 17.0 Å². The van der Waals surface area contributed by atoms with Crippen molar-refractivity contribution in [1.82, 2.24) is 5.32 Å². The summed E-state index contributed by atoms with van der Waals surface area (Å²) in [5.74, 6) is 1.60. The Balaban J connectivity index is 1.58. The molecule has 0 bridgehead atoms. The lowest BCUT2D eigenvalue weighted by Gasteiger charge is -2.37. The van der Waals surface area contributed by atoms with Crippen molar-refractivity contribution in [3.63, 3.8) is 0 Å². The molecule has 0 saturated carbocycles. The van der Waals surface area contributed by atoms with Crippen LogP contribution in [0, 0.1) is 5.82 Å². The topological polar surface area (TPSA) is 41.6 Å². The molecule has 1 aliphatic rings. The molecule has 0 aromatic heterocycles. The van der Waals surface area contributed by atoms with Crippen molar-refractivity contribution in [2.45, 2.75) is 45.3 Å². The number of carbonyl (C=O) groups is 1. The lowest BCUT2D eigenvalue weighted by molar-refractivity contribution is -0.00539. The van der Waals surface area contributed by atoms with E-state index in [9.17, 15) is 9.18 Å². The summed E-state index contributed by atoms with van der Waals surface area (Å²) in [4.78, 5) is 14.4. The lowest BCUT2D eigenvalue weighted by atomic mass is 10.1. The quantitative estimate of drug-likeness (QED) is 0.715. The van der Waals surface area contributed by atoms with E-state index >= 15 is 0 Å². The summed E-state index contributed by atoms with van der Waals surface area (Å²) in [6, 6.07) is 12.8. The number of amides is 1. The standard InChI is InChI=1S/C23H29FN2O2S/c1-4-29-15-18-5-8-20(9-6-18)23(27)25-12-19-7-10-22(21(24)11-19)26-13-16(2)28-17(3)14-26/h5-11,16-17H,4,12-15H2,1-3H3,(H,25,27). The average Bonchev–Trinajstić information content (AvgIpc) is 2.70. The summed E-state index contributed by atoms with van der Waals surface area (Å²) in [6.07, 6.45) is 0.146. The zero-order valence-corrected chi connectivity index (χ0v) is 18.1. The van der Waals surface area contributed by atoms with E-state index in [1.54, 1.807) is 6.07 Å². The number of anilines is 1. The first-order valence-electron chi connectivity index (χ1n) is 10.1. The number of carbonyl (C=O) groups excluding carboxylic acids is 1. The number of ether oxygens (including phenoxy) is 1. The van der Waals surface area contributed by atoms with Crippen LogP contribution < -0.4 is 10.2 Å². The molecule has 29 heavy (non-hydrogen) atoms. The average molecular weight is 417 g/mol. The molecule has 1 heterocycles. The van der Waals surface area contributed by atoms with Gasteiger partial charge >= 0.3 is 0 Å². The largest absolute Gasteiger partial charge is 0.372 e. The highest BCUT2D eigenvalue weighted by Gasteiger charge is 2.24. The fourth-order valence-corrected chi connectivity index (χ4v) is 4.18. The summed E-state index contributed by atoms with van der Waals surface area (Å²) in [5.41, 5.74) is 3.15. The van der Waals surface area contributed by atoms with E-state index in [0.29, 0.717) is 30.9 Å². The van der Waals surface area contributed by atoms with E-state index < -0.39 is 0 Å². The van der Waals surface area contributed by atoms with Crippen LogP contribution in [0.3, 0.4) is 0 Å². The molecule has 0 aliphatic carbocycles. The zero-order chi connectivity index (χ0) is 20.8. The van der Waals surface area contributed by atoms with Crippen LogP contribution in [0.4, 0.5) is 10.1 Å². The monoisotopic (exact) mass is 416 g/mol. The summed E-state index contributed by atoms with van der Waals surface area (Å²) in [5, 5.41) is 2.87. The number of nitrogens with zero attached hydrogens (tertiary/aromatic N) is 1. The zero-order valence-electron chi connectivity index (χ0n) is 17.3. The lowest BCUT2D eigenvalue weighted by Crippen LogP contribution is -2.45.